The van der Waals surface area contributed by atoms with Crippen molar-refractivity contribution in [2.45, 2.75) is 0 Å². The lowest BCUT2D eigenvalue weighted by molar-refractivity contribution is 0.0693. The Balaban J connectivity index is 1.69. The van der Waals surface area contributed by atoms with Gasteiger partial charge in [0.1, 0.15) is 0 Å². The highest BCUT2D eigenvalue weighted by Crippen LogP contribution is 2.29. The fourth-order valence-corrected chi connectivity index (χ4v) is 3.70. The smallest absolute Gasteiger partial charge is 0.261 e. The zero-order valence-electron chi connectivity index (χ0n) is 13.5. The van der Waals surface area contributed by atoms with E-state index in [1.807, 2.05) is 24.3 Å². The summed E-state index contributed by atoms with van der Waals surface area (Å²) >= 11 is 1.42. The molecular weight excluding hydrogens is 338 g/mol. The Morgan fingerprint density at radius 2 is 1.80 bits per heavy atom. The molecule has 0 N–H and O–H groups in total. The van der Waals surface area contributed by atoms with Gasteiger partial charge in [0.2, 0.25) is 0 Å². The normalized spacial score (nSPS) is 13.4. The van der Waals surface area contributed by atoms with Crippen LogP contribution in [0.15, 0.2) is 42.5 Å². The van der Waals surface area contributed by atoms with Gasteiger partial charge in [-0.05, 0) is 30.3 Å². The molecule has 4 rings (SSSR count). The van der Waals surface area contributed by atoms with Gasteiger partial charge in [0.05, 0.1) is 21.3 Å². The van der Waals surface area contributed by atoms with E-state index in [1.165, 1.54) is 35.4 Å². The van der Waals surface area contributed by atoms with E-state index in [2.05, 4.69) is 4.98 Å². The molecule has 6 nitrogen and oxygen atoms in total. The van der Waals surface area contributed by atoms with Crippen LogP contribution in [0.3, 0.4) is 0 Å². The minimum absolute atomic E-state index is 0.260. The number of aromatic nitrogens is 1. The number of anilines is 1. The number of carbonyl (C=O) groups is 3. The summed E-state index contributed by atoms with van der Waals surface area (Å²) in [4.78, 5) is 43.8. The van der Waals surface area contributed by atoms with Crippen LogP contribution in [-0.2, 0) is 0 Å². The van der Waals surface area contributed by atoms with Gasteiger partial charge in [-0.15, -0.1) is 0 Å². The zero-order chi connectivity index (χ0) is 17.7. The van der Waals surface area contributed by atoms with Gasteiger partial charge in [0.15, 0.2) is 5.13 Å². The fourth-order valence-electron chi connectivity index (χ4n) is 2.78. The van der Waals surface area contributed by atoms with Gasteiger partial charge in [-0.2, -0.15) is 0 Å². The second kappa shape index (κ2) is 5.49. The van der Waals surface area contributed by atoms with E-state index in [-0.39, 0.29) is 17.4 Å². The number of fused-ring (bicyclic) bond motifs is 2. The van der Waals surface area contributed by atoms with Crippen molar-refractivity contribution in [3.8, 4) is 0 Å². The molecule has 0 bridgehead atoms. The number of carbonyl (C=O) groups excluding carboxylic acids is 3. The van der Waals surface area contributed by atoms with Crippen molar-refractivity contribution in [2.75, 3.05) is 19.0 Å². The van der Waals surface area contributed by atoms with Gasteiger partial charge < -0.3 is 0 Å². The van der Waals surface area contributed by atoms with Crippen molar-refractivity contribution in [1.82, 2.24) is 9.88 Å². The quantitative estimate of drug-likeness (QED) is 0.666. The van der Waals surface area contributed by atoms with Gasteiger partial charge in [0.25, 0.3) is 17.7 Å². The van der Waals surface area contributed by atoms with Crippen LogP contribution in [0.25, 0.3) is 10.2 Å². The third-order valence-electron chi connectivity index (χ3n) is 4.21. The summed E-state index contributed by atoms with van der Waals surface area (Å²) in [5, 5.41) is 0.575. The first-order valence-corrected chi connectivity index (χ1v) is 8.39. The van der Waals surface area contributed by atoms with E-state index in [9.17, 15) is 14.4 Å². The predicted molar refractivity (Wildman–Crippen MR) is 95.2 cm³/mol. The van der Waals surface area contributed by atoms with Crippen molar-refractivity contribution in [3.63, 3.8) is 0 Å². The minimum Gasteiger partial charge on any atom is -0.287 e. The third kappa shape index (κ3) is 2.32. The summed E-state index contributed by atoms with van der Waals surface area (Å²) in [6, 6.07) is 12.2. The Labute approximate surface area is 147 Å². The molecule has 124 valence electrons. The van der Waals surface area contributed by atoms with Gasteiger partial charge in [-0.25, -0.2) is 4.98 Å². The van der Waals surface area contributed by atoms with Crippen LogP contribution < -0.4 is 4.90 Å². The first-order chi connectivity index (χ1) is 12.0. The number of para-hydroxylation sites is 1. The average Bonchev–Trinajstić information content (AvgIpc) is 3.16. The zero-order valence-corrected chi connectivity index (χ0v) is 14.3. The molecule has 1 aromatic heterocycles. The number of imide groups is 1. The summed E-state index contributed by atoms with van der Waals surface area (Å²) in [6.07, 6.45) is 0. The highest BCUT2D eigenvalue weighted by Gasteiger charge is 2.33. The Morgan fingerprint density at radius 1 is 1.08 bits per heavy atom. The van der Waals surface area contributed by atoms with Gasteiger partial charge >= 0.3 is 0 Å². The fraction of sp³-hybridized carbons (Fsp3) is 0.111. The highest BCUT2D eigenvalue weighted by atomic mass is 32.1. The lowest BCUT2D eigenvalue weighted by Gasteiger charge is -2.14. The highest BCUT2D eigenvalue weighted by molar-refractivity contribution is 7.22. The maximum absolute atomic E-state index is 12.8. The molecule has 0 fully saturated rings. The molecule has 0 spiro atoms. The maximum atomic E-state index is 12.8. The Morgan fingerprint density at radius 3 is 2.56 bits per heavy atom. The molecule has 2 aromatic carbocycles. The number of amides is 3. The summed E-state index contributed by atoms with van der Waals surface area (Å²) in [5.41, 5.74) is 1.76. The Hall–Kier alpha value is -3.06. The number of thiazole rings is 1. The van der Waals surface area contributed by atoms with Crippen molar-refractivity contribution in [2.24, 2.45) is 0 Å². The van der Waals surface area contributed by atoms with Crippen LogP contribution >= 0.6 is 11.3 Å². The lowest BCUT2D eigenvalue weighted by Crippen LogP contribution is -2.26. The monoisotopic (exact) mass is 351 g/mol. The van der Waals surface area contributed by atoms with Crippen molar-refractivity contribution >= 4 is 44.4 Å². The van der Waals surface area contributed by atoms with E-state index >= 15 is 0 Å². The van der Waals surface area contributed by atoms with Crippen LogP contribution in [0.1, 0.15) is 31.1 Å². The minimum atomic E-state index is -0.391. The van der Waals surface area contributed by atoms with E-state index in [1.54, 1.807) is 13.1 Å². The Kier molecular flexibility index (Phi) is 3.40. The topological polar surface area (TPSA) is 70.6 Å². The number of hydrogen-bond acceptors (Lipinski definition) is 5. The van der Waals surface area contributed by atoms with Crippen LogP contribution in [0.5, 0.6) is 0 Å². The molecule has 0 aliphatic carbocycles. The molecule has 0 saturated heterocycles. The molecule has 3 aromatic rings. The van der Waals surface area contributed by atoms with E-state index in [0.717, 1.165) is 15.1 Å². The molecule has 0 saturated carbocycles. The van der Waals surface area contributed by atoms with Gasteiger partial charge in [-0.3, -0.25) is 24.2 Å². The summed E-state index contributed by atoms with van der Waals surface area (Å²) in [5.74, 6) is -1.02. The number of hydrogen-bond donors (Lipinski definition) is 0. The van der Waals surface area contributed by atoms with Gasteiger partial charge in [-0.1, -0.05) is 23.5 Å². The first kappa shape index (κ1) is 15.5. The van der Waals surface area contributed by atoms with E-state index in [0.29, 0.717) is 16.3 Å². The van der Waals surface area contributed by atoms with Crippen LogP contribution in [0.4, 0.5) is 5.13 Å². The molecule has 25 heavy (non-hydrogen) atoms. The third-order valence-corrected chi connectivity index (χ3v) is 5.32. The summed E-state index contributed by atoms with van der Waals surface area (Å²) < 4.78 is 0.994. The van der Waals surface area contributed by atoms with E-state index in [4.69, 9.17) is 0 Å². The number of rotatable bonds is 2. The summed E-state index contributed by atoms with van der Waals surface area (Å²) in [7, 11) is 3.08. The second-order valence-electron chi connectivity index (χ2n) is 5.76. The van der Waals surface area contributed by atoms with Crippen LogP contribution in [0, 0.1) is 0 Å². The average molecular weight is 351 g/mol. The number of nitrogens with zero attached hydrogens (tertiary/aromatic N) is 3. The van der Waals surface area contributed by atoms with Crippen LogP contribution in [-0.4, -0.2) is 41.7 Å². The van der Waals surface area contributed by atoms with E-state index < -0.39 is 5.91 Å². The van der Waals surface area contributed by atoms with Crippen molar-refractivity contribution in [3.05, 3.63) is 59.2 Å². The molecule has 3 amide bonds. The first-order valence-electron chi connectivity index (χ1n) is 7.57. The molecule has 0 atom stereocenters. The molecular formula is C18H13N3O3S. The molecule has 1 aliphatic rings. The summed E-state index contributed by atoms with van der Waals surface area (Å²) in [6.45, 7) is 0. The maximum Gasteiger partial charge on any atom is 0.261 e. The largest absolute Gasteiger partial charge is 0.287 e. The Bertz CT molecular complexity index is 1020. The van der Waals surface area contributed by atoms with Crippen molar-refractivity contribution < 1.29 is 14.4 Å². The molecule has 2 heterocycles. The van der Waals surface area contributed by atoms with Crippen LogP contribution in [0.2, 0.25) is 0 Å². The SMILES string of the molecule is CN1C(=O)c2ccc(C(=O)N(C)c3nc4ccccc4s3)cc2C1=O. The standard InChI is InChI=1S/C18H13N3O3S/c1-20-16(23)11-8-7-10(9-12(11)17(20)24)15(22)21(2)18-19-13-5-3-4-6-14(13)25-18/h3-9H,1-2H3. The molecule has 0 radical (unpaired) electrons. The van der Waals surface area contributed by atoms with Crippen molar-refractivity contribution in [1.29, 1.82) is 0 Å². The molecule has 7 heteroatoms. The number of benzene rings is 2. The van der Waals surface area contributed by atoms with Gasteiger partial charge in [0, 0.05) is 19.7 Å². The molecule has 1 aliphatic heterocycles. The molecule has 0 unspecified atom stereocenters. The lowest BCUT2D eigenvalue weighted by atomic mass is 10.1. The second-order valence-corrected chi connectivity index (χ2v) is 6.77. The predicted octanol–water partition coefficient (Wildman–Crippen LogP) is 2.80.